The number of anilines is 1. The molecule has 0 saturated heterocycles. The van der Waals surface area contributed by atoms with Gasteiger partial charge in [-0.1, -0.05) is 13.8 Å². The number of alkyl halides is 2. The van der Waals surface area contributed by atoms with Crippen LogP contribution in [0.3, 0.4) is 0 Å². The van der Waals surface area contributed by atoms with E-state index in [4.69, 9.17) is 4.74 Å². The molecule has 1 rings (SSSR count). The molecule has 1 heterocycles. The fraction of sp³-hybridized carbons (Fsp3) is 0.583. The van der Waals surface area contributed by atoms with E-state index in [1.165, 1.54) is 19.4 Å². The molecule has 1 aromatic heterocycles. The van der Waals surface area contributed by atoms with Crippen LogP contribution in [0.2, 0.25) is 0 Å². The Bertz CT molecular complexity index is 443. The number of carbonyl (C=O) groups excluding carboxylic acids is 1. The lowest BCUT2D eigenvalue weighted by atomic mass is 10.2. The fourth-order valence-corrected chi connectivity index (χ4v) is 1.22. The number of aromatic nitrogens is 2. The van der Waals surface area contributed by atoms with E-state index < -0.39 is 19.0 Å². The number of halogens is 2. The molecule has 2 amide bonds. The van der Waals surface area contributed by atoms with Gasteiger partial charge in [0.25, 0.3) is 6.43 Å². The molecule has 1 N–H and O–H groups in total. The Labute approximate surface area is 116 Å². The summed E-state index contributed by atoms with van der Waals surface area (Å²) in [5.74, 6) is 0.748. The average molecular weight is 288 g/mol. The van der Waals surface area contributed by atoms with Crippen molar-refractivity contribution in [3.63, 3.8) is 0 Å². The van der Waals surface area contributed by atoms with Gasteiger partial charge in [-0.05, 0) is 5.92 Å². The number of ether oxygens (including phenoxy) is 1. The van der Waals surface area contributed by atoms with Crippen molar-refractivity contribution < 1.29 is 18.3 Å². The van der Waals surface area contributed by atoms with Gasteiger partial charge in [0, 0.05) is 7.05 Å². The second kappa shape index (κ2) is 7.56. The molecular weight excluding hydrogens is 270 g/mol. The number of carbonyl (C=O) groups is 1. The molecule has 0 atom stereocenters. The lowest BCUT2D eigenvalue weighted by molar-refractivity contribution is 0.111. The predicted molar refractivity (Wildman–Crippen MR) is 70.0 cm³/mol. The third-order valence-corrected chi connectivity index (χ3v) is 2.17. The lowest BCUT2D eigenvalue weighted by Gasteiger charge is -2.17. The minimum Gasteiger partial charge on any atom is -0.476 e. The van der Waals surface area contributed by atoms with Crippen molar-refractivity contribution in [1.29, 1.82) is 0 Å². The van der Waals surface area contributed by atoms with E-state index in [9.17, 15) is 13.6 Å². The van der Waals surface area contributed by atoms with Gasteiger partial charge in [-0.2, -0.15) is 4.98 Å². The van der Waals surface area contributed by atoms with E-state index in [0.717, 1.165) is 4.90 Å². The van der Waals surface area contributed by atoms with Crippen molar-refractivity contribution in [2.24, 2.45) is 5.92 Å². The molecule has 0 aliphatic carbocycles. The monoisotopic (exact) mass is 288 g/mol. The van der Waals surface area contributed by atoms with Gasteiger partial charge in [0.15, 0.2) is 5.82 Å². The van der Waals surface area contributed by atoms with Gasteiger partial charge < -0.3 is 9.64 Å². The molecule has 1 aromatic rings. The summed E-state index contributed by atoms with van der Waals surface area (Å²) in [4.78, 5) is 20.3. The third-order valence-electron chi connectivity index (χ3n) is 2.17. The summed E-state index contributed by atoms with van der Waals surface area (Å²) in [5.41, 5.74) is 0. The molecule has 20 heavy (non-hydrogen) atoms. The zero-order valence-corrected chi connectivity index (χ0v) is 11.6. The predicted octanol–water partition coefficient (Wildman–Crippen LogP) is 2.24. The van der Waals surface area contributed by atoms with E-state index >= 15 is 0 Å². The first-order chi connectivity index (χ1) is 9.38. The topological polar surface area (TPSA) is 67.3 Å². The highest BCUT2D eigenvalue weighted by molar-refractivity contribution is 5.87. The van der Waals surface area contributed by atoms with E-state index in [2.05, 4.69) is 15.3 Å². The molecule has 0 bridgehead atoms. The maximum atomic E-state index is 12.2. The Morgan fingerprint density at radius 3 is 2.75 bits per heavy atom. The molecule has 0 spiro atoms. The SMILES string of the molecule is CC(C)COc1cncc(NC(=O)N(C)CC(F)F)n1. The van der Waals surface area contributed by atoms with E-state index in [1.54, 1.807) is 0 Å². The lowest BCUT2D eigenvalue weighted by Crippen LogP contribution is -2.35. The normalized spacial score (nSPS) is 10.8. The smallest absolute Gasteiger partial charge is 0.322 e. The van der Waals surface area contributed by atoms with Crippen molar-refractivity contribution >= 4 is 11.8 Å². The summed E-state index contributed by atoms with van der Waals surface area (Å²) >= 11 is 0. The first-order valence-electron chi connectivity index (χ1n) is 6.13. The standard InChI is InChI=1S/C12H18F2N4O2/c1-8(2)7-20-11-5-15-4-10(16-11)17-12(19)18(3)6-9(13)14/h4-5,8-9H,6-7H2,1-3H3,(H,16,17,19). The maximum absolute atomic E-state index is 12.2. The number of amides is 2. The highest BCUT2D eigenvalue weighted by Crippen LogP contribution is 2.11. The zero-order chi connectivity index (χ0) is 15.1. The van der Waals surface area contributed by atoms with Gasteiger partial charge in [0.05, 0.1) is 25.5 Å². The summed E-state index contributed by atoms with van der Waals surface area (Å²) in [7, 11) is 1.27. The quantitative estimate of drug-likeness (QED) is 0.871. The van der Waals surface area contributed by atoms with E-state index in [-0.39, 0.29) is 11.7 Å². The highest BCUT2D eigenvalue weighted by Gasteiger charge is 2.14. The molecule has 8 heteroatoms. The molecule has 112 valence electrons. The molecule has 0 saturated carbocycles. The van der Waals surface area contributed by atoms with Crippen molar-refractivity contribution in [2.75, 3.05) is 25.5 Å². The van der Waals surface area contributed by atoms with Crippen LogP contribution in [0.5, 0.6) is 5.88 Å². The molecule has 0 aliphatic rings. The Kier molecular flexibility index (Phi) is 6.08. The van der Waals surface area contributed by atoms with Gasteiger partial charge in [-0.15, -0.1) is 0 Å². The largest absolute Gasteiger partial charge is 0.476 e. The summed E-state index contributed by atoms with van der Waals surface area (Å²) in [6.45, 7) is 3.79. The second-order valence-corrected chi connectivity index (χ2v) is 4.65. The van der Waals surface area contributed by atoms with Gasteiger partial charge in [-0.25, -0.2) is 13.6 Å². The number of nitrogens with zero attached hydrogens (tertiary/aromatic N) is 3. The minimum absolute atomic E-state index is 0.150. The molecule has 0 fully saturated rings. The maximum Gasteiger partial charge on any atom is 0.322 e. The first kappa shape index (κ1) is 16.1. The average Bonchev–Trinajstić information content (AvgIpc) is 2.36. The van der Waals surface area contributed by atoms with Gasteiger partial charge in [0.2, 0.25) is 5.88 Å². The third kappa shape index (κ3) is 5.77. The summed E-state index contributed by atoms with van der Waals surface area (Å²) < 4.78 is 29.7. The van der Waals surface area contributed by atoms with Crippen LogP contribution in [-0.4, -0.2) is 47.5 Å². The summed E-state index contributed by atoms with van der Waals surface area (Å²) in [5, 5.41) is 2.38. The number of hydrogen-bond acceptors (Lipinski definition) is 4. The highest BCUT2D eigenvalue weighted by atomic mass is 19.3. The van der Waals surface area contributed by atoms with Crippen LogP contribution in [0.25, 0.3) is 0 Å². The first-order valence-corrected chi connectivity index (χ1v) is 6.13. The van der Waals surface area contributed by atoms with Crippen molar-refractivity contribution in [3.05, 3.63) is 12.4 Å². The van der Waals surface area contributed by atoms with Gasteiger partial charge in [0.1, 0.15) is 0 Å². The molecule has 0 aliphatic heterocycles. The van der Waals surface area contributed by atoms with Crippen LogP contribution >= 0.6 is 0 Å². The Morgan fingerprint density at radius 2 is 2.15 bits per heavy atom. The van der Waals surface area contributed by atoms with E-state index in [0.29, 0.717) is 12.5 Å². The van der Waals surface area contributed by atoms with Crippen molar-refractivity contribution in [2.45, 2.75) is 20.3 Å². The van der Waals surface area contributed by atoms with Crippen LogP contribution in [0.1, 0.15) is 13.8 Å². The molecule has 0 unspecified atom stereocenters. The van der Waals surface area contributed by atoms with Crippen molar-refractivity contribution in [1.82, 2.24) is 14.9 Å². The van der Waals surface area contributed by atoms with Crippen LogP contribution < -0.4 is 10.1 Å². The second-order valence-electron chi connectivity index (χ2n) is 4.65. The Balaban J connectivity index is 2.59. The summed E-state index contributed by atoms with van der Waals surface area (Å²) in [6, 6.07) is -0.680. The molecular formula is C12H18F2N4O2. The van der Waals surface area contributed by atoms with Crippen molar-refractivity contribution in [3.8, 4) is 5.88 Å². The van der Waals surface area contributed by atoms with E-state index in [1.807, 2.05) is 13.8 Å². The minimum atomic E-state index is -2.59. The fourth-order valence-electron chi connectivity index (χ4n) is 1.22. The van der Waals surface area contributed by atoms with Crippen LogP contribution in [0, 0.1) is 5.92 Å². The van der Waals surface area contributed by atoms with Gasteiger partial charge in [-0.3, -0.25) is 10.3 Å². The number of urea groups is 1. The molecule has 6 nitrogen and oxygen atoms in total. The Morgan fingerprint density at radius 1 is 1.45 bits per heavy atom. The number of rotatable bonds is 6. The molecule has 0 aromatic carbocycles. The van der Waals surface area contributed by atoms with Crippen LogP contribution in [0.15, 0.2) is 12.4 Å². The summed E-state index contributed by atoms with van der Waals surface area (Å²) in [6.07, 6.45) is 0.148. The molecule has 0 radical (unpaired) electrons. The zero-order valence-electron chi connectivity index (χ0n) is 11.6. The van der Waals surface area contributed by atoms with Crippen LogP contribution in [0.4, 0.5) is 19.4 Å². The number of nitrogens with one attached hydrogen (secondary N) is 1. The number of hydrogen-bond donors (Lipinski definition) is 1. The Hall–Kier alpha value is -1.99. The van der Waals surface area contributed by atoms with Crippen LogP contribution in [-0.2, 0) is 0 Å². The van der Waals surface area contributed by atoms with Gasteiger partial charge >= 0.3 is 6.03 Å².